The highest BCUT2D eigenvalue weighted by atomic mass is 16.1. The van der Waals surface area contributed by atoms with Crippen molar-refractivity contribution < 1.29 is 4.79 Å². The lowest BCUT2D eigenvalue weighted by molar-refractivity contribution is -0.115. The first-order valence-corrected chi connectivity index (χ1v) is 2.88. The normalized spacial score (nSPS) is 7.00. The number of nitrogens with two attached hydrogens (primary N) is 1. The third kappa shape index (κ3) is 45.4. The van der Waals surface area contributed by atoms with Crippen molar-refractivity contribution in [1.82, 2.24) is 0 Å². The van der Waals surface area contributed by atoms with Crippen molar-refractivity contribution in [3.63, 3.8) is 0 Å². The molecule has 2 nitrogen and oxygen atoms in total. The van der Waals surface area contributed by atoms with Crippen LogP contribution in [0.2, 0.25) is 0 Å². The number of rotatable bonds is 1. The van der Waals surface area contributed by atoms with Crippen LogP contribution in [0.1, 0.15) is 27.2 Å². The molecule has 0 fully saturated rings. The number of carbonyl (C=O) groups is 1. The van der Waals surface area contributed by atoms with E-state index in [9.17, 15) is 4.79 Å². The minimum atomic E-state index is 0.0324. The van der Waals surface area contributed by atoms with Gasteiger partial charge in [-0.25, -0.2) is 0 Å². The van der Waals surface area contributed by atoms with Crippen LogP contribution in [0.4, 0.5) is 0 Å². The monoisotopic (exact) mass is 117 g/mol. The Hall–Kier alpha value is -0.370. The van der Waals surface area contributed by atoms with E-state index in [1.54, 1.807) is 0 Å². The Balaban J connectivity index is 0. The van der Waals surface area contributed by atoms with E-state index in [1.165, 1.54) is 13.3 Å². The maximum absolute atomic E-state index is 9.69. The van der Waals surface area contributed by atoms with Crippen molar-refractivity contribution in [2.24, 2.45) is 5.73 Å². The molecular weight excluding hydrogens is 102 g/mol. The molecule has 0 saturated heterocycles. The van der Waals surface area contributed by atoms with Gasteiger partial charge in [-0.2, -0.15) is 0 Å². The van der Waals surface area contributed by atoms with E-state index >= 15 is 0 Å². The maximum atomic E-state index is 9.69. The molecule has 0 aliphatic carbocycles. The maximum Gasteiger partial charge on any atom is 0.143 e. The van der Waals surface area contributed by atoms with E-state index < -0.39 is 0 Å². The van der Waals surface area contributed by atoms with E-state index in [2.05, 4.69) is 13.8 Å². The summed E-state index contributed by atoms with van der Waals surface area (Å²) in [5, 5.41) is 0. The molecule has 0 aromatic carbocycles. The molecule has 0 aliphatic heterocycles. The summed E-state index contributed by atoms with van der Waals surface area (Å²) in [5.74, 6) is 0.0324. The van der Waals surface area contributed by atoms with Crippen LogP contribution in [0.3, 0.4) is 0 Å². The zero-order valence-corrected chi connectivity index (χ0v) is 5.90. The predicted molar refractivity (Wildman–Crippen MR) is 35.7 cm³/mol. The van der Waals surface area contributed by atoms with Crippen molar-refractivity contribution >= 4 is 5.78 Å². The van der Waals surface area contributed by atoms with Crippen LogP contribution < -0.4 is 5.73 Å². The molecule has 0 amide bonds. The molecule has 0 radical (unpaired) electrons. The zero-order chi connectivity index (χ0) is 6.99. The van der Waals surface area contributed by atoms with Crippen molar-refractivity contribution in [2.45, 2.75) is 27.2 Å². The highest BCUT2D eigenvalue weighted by Gasteiger charge is 1.76. The smallest absolute Gasteiger partial charge is 0.143 e. The lowest BCUT2D eigenvalue weighted by Crippen LogP contribution is -2.07. The third-order valence-corrected chi connectivity index (χ3v) is 0.287. The number of ketones is 1. The van der Waals surface area contributed by atoms with Gasteiger partial charge < -0.3 is 5.73 Å². The molecule has 0 aliphatic rings. The highest BCUT2D eigenvalue weighted by Crippen LogP contribution is 1.56. The Bertz CT molecular complexity index is 52.5. The summed E-state index contributed by atoms with van der Waals surface area (Å²) in [6.45, 7) is 5.88. The standard InChI is InChI=1S/C3H7NO.C3H8/c1-3(5)2-4;1-3-2/h2,4H2,1H3;3H2,1-2H3. The number of carbonyl (C=O) groups excluding carboxylic acids is 1. The van der Waals surface area contributed by atoms with Crippen LogP contribution in [0.25, 0.3) is 0 Å². The molecular formula is C6H15NO. The topological polar surface area (TPSA) is 43.1 Å². The fourth-order valence-corrected chi connectivity index (χ4v) is 0. The van der Waals surface area contributed by atoms with Crippen molar-refractivity contribution in [2.75, 3.05) is 6.54 Å². The van der Waals surface area contributed by atoms with Gasteiger partial charge in [0.05, 0.1) is 6.54 Å². The Labute approximate surface area is 51.1 Å². The summed E-state index contributed by atoms with van der Waals surface area (Å²) in [6.07, 6.45) is 1.25. The zero-order valence-electron chi connectivity index (χ0n) is 5.90. The summed E-state index contributed by atoms with van der Waals surface area (Å²) in [6, 6.07) is 0. The van der Waals surface area contributed by atoms with Gasteiger partial charge in [-0.1, -0.05) is 20.3 Å². The van der Waals surface area contributed by atoms with E-state index in [4.69, 9.17) is 5.73 Å². The van der Waals surface area contributed by atoms with E-state index in [1.807, 2.05) is 0 Å². The van der Waals surface area contributed by atoms with Gasteiger partial charge in [0.1, 0.15) is 5.78 Å². The molecule has 0 spiro atoms. The molecule has 8 heavy (non-hydrogen) atoms. The third-order valence-electron chi connectivity index (χ3n) is 0.287. The van der Waals surface area contributed by atoms with Gasteiger partial charge in [-0.05, 0) is 6.92 Å². The largest absolute Gasteiger partial charge is 0.324 e. The van der Waals surface area contributed by atoms with Gasteiger partial charge in [0.2, 0.25) is 0 Å². The lowest BCUT2D eigenvalue weighted by atomic mass is 10.5. The SMILES string of the molecule is CC(=O)CN.CCC. The Morgan fingerprint density at radius 3 is 1.62 bits per heavy atom. The highest BCUT2D eigenvalue weighted by molar-refractivity contribution is 5.77. The minimum absolute atomic E-state index is 0.0324. The summed E-state index contributed by atoms with van der Waals surface area (Å²) in [7, 11) is 0. The molecule has 0 aromatic heterocycles. The first-order valence-electron chi connectivity index (χ1n) is 2.88. The average molecular weight is 117 g/mol. The number of hydrogen-bond acceptors (Lipinski definition) is 2. The van der Waals surface area contributed by atoms with Crippen LogP contribution in [0, 0.1) is 0 Å². The van der Waals surface area contributed by atoms with Gasteiger partial charge >= 0.3 is 0 Å². The van der Waals surface area contributed by atoms with Gasteiger partial charge in [-0.15, -0.1) is 0 Å². The molecule has 50 valence electrons. The predicted octanol–water partition coefficient (Wildman–Crippen LogP) is 0.950. The van der Waals surface area contributed by atoms with E-state index in [-0.39, 0.29) is 12.3 Å². The Morgan fingerprint density at radius 1 is 1.50 bits per heavy atom. The second-order valence-electron chi connectivity index (χ2n) is 1.61. The number of hydrogen-bond donors (Lipinski definition) is 1. The second kappa shape index (κ2) is 9.80. The quantitative estimate of drug-likeness (QED) is 0.555. The first-order chi connectivity index (χ1) is 3.68. The van der Waals surface area contributed by atoms with Crippen molar-refractivity contribution in [1.29, 1.82) is 0 Å². The van der Waals surface area contributed by atoms with Crippen LogP contribution in [0.15, 0.2) is 0 Å². The summed E-state index contributed by atoms with van der Waals surface area (Å²) in [5.41, 5.74) is 4.82. The van der Waals surface area contributed by atoms with Gasteiger partial charge in [0.15, 0.2) is 0 Å². The summed E-state index contributed by atoms with van der Waals surface area (Å²) >= 11 is 0. The molecule has 0 atom stereocenters. The second-order valence-corrected chi connectivity index (χ2v) is 1.61. The average Bonchev–Trinajstić information content (AvgIpc) is 1.69. The molecule has 0 bridgehead atoms. The summed E-state index contributed by atoms with van der Waals surface area (Å²) in [4.78, 5) is 9.69. The van der Waals surface area contributed by atoms with Gasteiger partial charge in [0, 0.05) is 0 Å². The molecule has 0 rings (SSSR count). The fraction of sp³-hybridized carbons (Fsp3) is 0.833. The minimum Gasteiger partial charge on any atom is -0.324 e. The fourth-order valence-electron chi connectivity index (χ4n) is 0. The van der Waals surface area contributed by atoms with Crippen LogP contribution >= 0.6 is 0 Å². The molecule has 2 N–H and O–H groups in total. The van der Waals surface area contributed by atoms with Crippen LogP contribution in [-0.2, 0) is 4.79 Å². The molecule has 0 heterocycles. The molecule has 0 aromatic rings. The molecule has 0 saturated carbocycles. The van der Waals surface area contributed by atoms with Gasteiger partial charge in [-0.3, -0.25) is 4.79 Å². The number of Topliss-reactive ketones (excluding diaryl/α,β-unsaturated/α-hetero) is 1. The van der Waals surface area contributed by atoms with Crippen LogP contribution in [-0.4, -0.2) is 12.3 Å². The molecule has 2 heteroatoms. The van der Waals surface area contributed by atoms with E-state index in [0.717, 1.165) is 0 Å². The summed E-state index contributed by atoms with van der Waals surface area (Å²) < 4.78 is 0. The lowest BCUT2D eigenvalue weighted by Gasteiger charge is -1.73. The molecule has 0 unspecified atom stereocenters. The van der Waals surface area contributed by atoms with Crippen LogP contribution in [0.5, 0.6) is 0 Å². The van der Waals surface area contributed by atoms with E-state index in [0.29, 0.717) is 0 Å². The Morgan fingerprint density at radius 2 is 1.62 bits per heavy atom. The van der Waals surface area contributed by atoms with Crippen molar-refractivity contribution in [3.05, 3.63) is 0 Å². The van der Waals surface area contributed by atoms with Gasteiger partial charge in [0.25, 0.3) is 0 Å². The first kappa shape index (κ1) is 10.6. The Kier molecular flexibility index (Phi) is 13.0. The van der Waals surface area contributed by atoms with Crippen molar-refractivity contribution in [3.8, 4) is 0 Å².